The van der Waals surface area contributed by atoms with Gasteiger partial charge in [0.2, 0.25) is 0 Å². The van der Waals surface area contributed by atoms with E-state index in [9.17, 15) is 4.53 Å². The lowest BCUT2D eigenvalue weighted by molar-refractivity contribution is -0.0977. The smallest absolute Gasteiger partial charge is 0.176 e. The predicted octanol–water partition coefficient (Wildman–Crippen LogP) is 4.80. The molecule has 0 fully saturated rings. The Kier molecular flexibility index (Phi) is 5.95. The maximum Gasteiger partial charge on any atom is 0.176 e. The molecule has 0 aliphatic carbocycles. The van der Waals surface area contributed by atoms with Crippen molar-refractivity contribution in [3.63, 3.8) is 0 Å². The Morgan fingerprint density at radius 2 is 1.74 bits per heavy atom. The lowest BCUT2D eigenvalue weighted by Crippen LogP contribution is -2.02. The molecule has 0 saturated carbocycles. The van der Waals surface area contributed by atoms with Crippen molar-refractivity contribution in [3.8, 4) is 22.8 Å². The highest BCUT2D eigenvalue weighted by atomic mass is 35.5. The second kappa shape index (κ2) is 8.57. The van der Waals surface area contributed by atoms with Gasteiger partial charge in [-0.05, 0) is 52.6 Å². The van der Waals surface area contributed by atoms with E-state index in [2.05, 4.69) is 10.0 Å². The fourth-order valence-corrected chi connectivity index (χ4v) is 2.69. The Bertz CT molecular complexity index is 905. The average Bonchev–Trinajstić information content (AvgIpc) is 2.69. The average molecular weight is 390 g/mol. The molecule has 2 aromatic carbocycles. The number of methoxy groups -OCH3 is 1. The van der Waals surface area contributed by atoms with Gasteiger partial charge in [0.25, 0.3) is 0 Å². The number of aromatic nitrogens is 1. The lowest BCUT2D eigenvalue weighted by Gasteiger charge is -2.11. The second-order valence-electron chi connectivity index (χ2n) is 5.60. The molecule has 0 saturated heterocycles. The van der Waals surface area contributed by atoms with Gasteiger partial charge in [-0.15, -0.1) is 0 Å². The number of rotatable bonds is 7. The minimum atomic E-state index is 0.0386. The van der Waals surface area contributed by atoms with E-state index < -0.39 is 0 Å². The molecule has 140 valence electrons. The van der Waals surface area contributed by atoms with Crippen molar-refractivity contribution < 1.29 is 19.0 Å². The van der Waals surface area contributed by atoms with Gasteiger partial charge in [-0.3, -0.25) is 0 Å². The minimum absolute atomic E-state index is 0.0386. The Hall–Kier alpha value is -3.03. The van der Waals surface area contributed by atoms with Crippen molar-refractivity contribution in [2.75, 3.05) is 18.3 Å². The highest BCUT2D eigenvalue weighted by Crippen LogP contribution is 2.32. The molecule has 3 N–H and O–H groups in total. The van der Waals surface area contributed by atoms with Gasteiger partial charge in [0.05, 0.1) is 23.5 Å². The summed E-state index contributed by atoms with van der Waals surface area (Å²) < 4.78 is 23.0. The molecule has 3 rings (SSSR count). The van der Waals surface area contributed by atoms with E-state index in [1.165, 1.54) is 6.07 Å². The first-order valence-corrected chi connectivity index (χ1v) is 8.34. The van der Waals surface area contributed by atoms with Crippen molar-refractivity contribution in [2.45, 2.75) is 6.61 Å². The van der Waals surface area contributed by atoms with Gasteiger partial charge in [0.15, 0.2) is 5.82 Å². The molecule has 6 nitrogen and oxygen atoms in total. The zero-order chi connectivity index (χ0) is 19.2. The Labute approximate surface area is 160 Å². The Morgan fingerprint density at radius 1 is 1.07 bits per heavy atom. The van der Waals surface area contributed by atoms with E-state index in [-0.39, 0.29) is 11.5 Å². The molecular formula is C19H17ClFN3O3. The van der Waals surface area contributed by atoms with Gasteiger partial charge >= 0.3 is 0 Å². The van der Waals surface area contributed by atoms with Crippen molar-refractivity contribution in [1.82, 2.24) is 4.98 Å². The normalized spacial score (nSPS) is 10.5. The number of nitrogens with one attached hydrogen (secondary N) is 1. The van der Waals surface area contributed by atoms with Gasteiger partial charge in [-0.1, -0.05) is 28.8 Å². The number of nitrogens with zero attached hydrogens (tertiary/aromatic N) is 1. The number of anilines is 2. The van der Waals surface area contributed by atoms with Crippen LogP contribution in [0.15, 0.2) is 54.6 Å². The summed E-state index contributed by atoms with van der Waals surface area (Å²) in [6, 6.07) is 16.3. The van der Waals surface area contributed by atoms with Crippen LogP contribution in [0, 0.1) is 0 Å². The van der Waals surface area contributed by atoms with Crippen LogP contribution in [0.25, 0.3) is 11.3 Å². The van der Waals surface area contributed by atoms with E-state index in [1.807, 2.05) is 29.7 Å². The number of halogens is 2. The summed E-state index contributed by atoms with van der Waals surface area (Å²) in [6.45, 7) is 0.423. The number of hydrogen-bond acceptors (Lipinski definition) is 6. The highest BCUT2D eigenvalue weighted by Gasteiger charge is 2.11. The van der Waals surface area contributed by atoms with Crippen LogP contribution < -0.4 is 20.7 Å². The summed E-state index contributed by atoms with van der Waals surface area (Å²) in [4.78, 5) is 4.19. The standard InChI is InChI=1S/C19H17ClFN3O3/c1-25-14-6-2-12(3-7-14)11-26-15-8-4-13(5-9-15)18-16(20)10-17(22)19(23-18)24-27-21/h2-10H,11,22H2,1H3,(H,23,24). The molecule has 0 aliphatic heterocycles. The van der Waals surface area contributed by atoms with Gasteiger partial charge in [0.1, 0.15) is 18.1 Å². The third-order valence-corrected chi connectivity index (χ3v) is 4.12. The van der Waals surface area contributed by atoms with E-state index in [1.54, 1.807) is 31.4 Å². The molecule has 0 atom stereocenters. The SMILES string of the molecule is COc1ccc(COc2ccc(-c3nc(NOF)c(N)cc3Cl)cc2)cc1. The molecule has 3 aromatic rings. The van der Waals surface area contributed by atoms with Crippen LogP contribution >= 0.6 is 11.6 Å². The number of nitrogens with two attached hydrogens (primary N) is 1. The lowest BCUT2D eigenvalue weighted by atomic mass is 10.1. The molecule has 0 bridgehead atoms. The quantitative estimate of drug-likeness (QED) is 0.565. The maximum absolute atomic E-state index is 12.1. The number of nitrogen functional groups attached to an aromatic ring is 1. The van der Waals surface area contributed by atoms with Crippen LogP contribution in [0.3, 0.4) is 0 Å². The third-order valence-electron chi connectivity index (χ3n) is 3.83. The molecule has 1 aromatic heterocycles. The van der Waals surface area contributed by atoms with Gasteiger partial charge < -0.3 is 15.2 Å². The Morgan fingerprint density at radius 3 is 2.37 bits per heavy atom. The number of pyridine rings is 1. The molecular weight excluding hydrogens is 373 g/mol. The van der Waals surface area contributed by atoms with E-state index >= 15 is 0 Å². The topological polar surface area (TPSA) is 78.6 Å². The van der Waals surface area contributed by atoms with Crippen LogP contribution in [-0.2, 0) is 11.6 Å². The minimum Gasteiger partial charge on any atom is -0.497 e. The molecule has 0 amide bonds. The largest absolute Gasteiger partial charge is 0.497 e. The first-order valence-electron chi connectivity index (χ1n) is 7.96. The van der Waals surface area contributed by atoms with Crippen molar-refractivity contribution in [1.29, 1.82) is 0 Å². The molecule has 0 unspecified atom stereocenters. The van der Waals surface area contributed by atoms with Crippen molar-refractivity contribution >= 4 is 23.1 Å². The predicted molar refractivity (Wildman–Crippen MR) is 102 cm³/mol. The maximum atomic E-state index is 12.1. The molecule has 0 radical (unpaired) electrons. The summed E-state index contributed by atoms with van der Waals surface area (Å²) in [6.07, 6.45) is 0. The number of benzene rings is 2. The highest BCUT2D eigenvalue weighted by molar-refractivity contribution is 6.33. The van der Waals surface area contributed by atoms with Gasteiger partial charge in [-0.25, -0.2) is 10.5 Å². The third kappa shape index (κ3) is 4.58. The summed E-state index contributed by atoms with van der Waals surface area (Å²) in [5.74, 6) is 1.52. The van der Waals surface area contributed by atoms with Gasteiger partial charge in [0, 0.05) is 5.56 Å². The van der Waals surface area contributed by atoms with Crippen LogP contribution in [0.2, 0.25) is 5.02 Å². The van der Waals surface area contributed by atoms with E-state index in [0.29, 0.717) is 23.1 Å². The molecule has 0 aliphatic rings. The number of ether oxygens (including phenoxy) is 2. The zero-order valence-corrected chi connectivity index (χ0v) is 15.2. The van der Waals surface area contributed by atoms with E-state index in [0.717, 1.165) is 16.9 Å². The molecule has 1 heterocycles. The second-order valence-corrected chi connectivity index (χ2v) is 6.00. The summed E-state index contributed by atoms with van der Waals surface area (Å²) in [5.41, 5.74) is 10.0. The van der Waals surface area contributed by atoms with Crippen LogP contribution in [0.5, 0.6) is 11.5 Å². The fourth-order valence-electron chi connectivity index (χ4n) is 2.42. The van der Waals surface area contributed by atoms with Crippen molar-refractivity contribution in [2.24, 2.45) is 0 Å². The first-order chi connectivity index (χ1) is 13.1. The van der Waals surface area contributed by atoms with Crippen molar-refractivity contribution in [3.05, 3.63) is 65.2 Å². The molecule has 0 spiro atoms. The van der Waals surface area contributed by atoms with Crippen LogP contribution in [0.1, 0.15) is 5.56 Å². The number of hydrogen-bond donors (Lipinski definition) is 2. The van der Waals surface area contributed by atoms with E-state index in [4.69, 9.17) is 26.8 Å². The Balaban J connectivity index is 1.72. The van der Waals surface area contributed by atoms with Gasteiger partial charge in [-0.2, -0.15) is 0 Å². The first kappa shape index (κ1) is 18.8. The zero-order valence-electron chi connectivity index (χ0n) is 14.4. The summed E-state index contributed by atoms with van der Waals surface area (Å²) in [5, 5.41) is 3.72. The molecule has 8 heteroatoms. The van der Waals surface area contributed by atoms with Crippen LogP contribution in [0.4, 0.5) is 16.0 Å². The van der Waals surface area contributed by atoms with Crippen LogP contribution in [-0.4, -0.2) is 12.1 Å². The summed E-state index contributed by atoms with van der Waals surface area (Å²) in [7, 11) is 1.62. The fraction of sp³-hybridized carbons (Fsp3) is 0.105. The molecule has 27 heavy (non-hydrogen) atoms. The monoisotopic (exact) mass is 389 g/mol. The summed E-state index contributed by atoms with van der Waals surface area (Å²) >= 11 is 6.20.